The number of rotatable bonds is 7. The number of hydrogen-bond donors (Lipinski definition) is 2. The maximum absolute atomic E-state index is 12.4. The lowest BCUT2D eigenvalue weighted by Gasteiger charge is -2.21. The zero-order valence-electron chi connectivity index (χ0n) is 14.5. The molecule has 6 heteroatoms. The van der Waals surface area contributed by atoms with Gasteiger partial charge in [-0.25, -0.2) is 0 Å². The van der Waals surface area contributed by atoms with Gasteiger partial charge in [0, 0.05) is 25.2 Å². The van der Waals surface area contributed by atoms with E-state index in [-0.39, 0.29) is 17.9 Å². The number of aryl methyl sites for hydroxylation is 1. The molecule has 2 aromatic rings. The molecule has 1 aliphatic carbocycles. The normalized spacial score (nSPS) is 22.7. The first-order valence-electron chi connectivity index (χ1n) is 8.88. The van der Waals surface area contributed by atoms with E-state index in [1.807, 2.05) is 37.3 Å². The standard InChI is InChI=1S/C19H25N3O3/c1-2-12-22-16(10-11-21-22)19(24)20-13-14-8-9-17(18(14)23)25-15-6-4-3-5-7-15/h3-7,10-11,14,17-18,23H,2,8-9,12-13H2,1H3,(H,20,24)/t14-,17-,18-/m1/s1. The Morgan fingerprint density at radius 1 is 1.32 bits per heavy atom. The average molecular weight is 343 g/mol. The van der Waals surface area contributed by atoms with Gasteiger partial charge in [-0.15, -0.1) is 0 Å². The van der Waals surface area contributed by atoms with Crippen LogP contribution in [0, 0.1) is 5.92 Å². The van der Waals surface area contributed by atoms with Gasteiger partial charge in [-0.05, 0) is 37.5 Å². The Hall–Kier alpha value is -2.34. The molecule has 1 aliphatic rings. The number of aliphatic hydroxyl groups excluding tert-OH is 1. The fourth-order valence-corrected chi connectivity index (χ4v) is 3.28. The van der Waals surface area contributed by atoms with E-state index in [0.717, 1.165) is 31.6 Å². The first-order valence-corrected chi connectivity index (χ1v) is 8.88. The van der Waals surface area contributed by atoms with Crippen molar-refractivity contribution in [3.8, 4) is 5.75 Å². The van der Waals surface area contributed by atoms with Crippen LogP contribution in [0.1, 0.15) is 36.7 Å². The summed E-state index contributed by atoms with van der Waals surface area (Å²) in [4.78, 5) is 12.4. The van der Waals surface area contributed by atoms with Gasteiger partial charge in [-0.2, -0.15) is 5.10 Å². The van der Waals surface area contributed by atoms with E-state index >= 15 is 0 Å². The van der Waals surface area contributed by atoms with Crippen LogP contribution in [-0.2, 0) is 6.54 Å². The fourth-order valence-electron chi connectivity index (χ4n) is 3.28. The van der Waals surface area contributed by atoms with Crippen molar-refractivity contribution in [2.45, 2.75) is 44.9 Å². The number of para-hydroxylation sites is 1. The number of nitrogens with one attached hydrogen (secondary N) is 1. The number of ether oxygens (including phenoxy) is 1. The summed E-state index contributed by atoms with van der Waals surface area (Å²) in [6.07, 6.45) is 3.36. The number of hydrogen-bond acceptors (Lipinski definition) is 4. The van der Waals surface area contributed by atoms with Gasteiger partial charge in [0.05, 0.1) is 6.10 Å². The Bertz CT molecular complexity index is 686. The molecular formula is C19H25N3O3. The molecule has 0 bridgehead atoms. The minimum atomic E-state index is -0.582. The van der Waals surface area contributed by atoms with Crippen LogP contribution in [0.4, 0.5) is 0 Å². The van der Waals surface area contributed by atoms with Crippen LogP contribution < -0.4 is 10.1 Å². The molecule has 1 aromatic heterocycles. The van der Waals surface area contributed by atoms with Crippen molar-refractivity contribution in [2.24, 2.45) is 5.92 Å². The van der Waals surface area contributed by atoms with Crippen molar-refractivity contribution in [3.63, 3.8) is 0 Å². The molecule has 1 aromatic carbocycles. The van der Waals surface area contributed by atoms with E-state index in [1.165, 1.54) is 0 Å². The van der Waals surface area contributed by atoms with E-state index in [4.69, 9.17) is 4.74 Å². The van der Waals surface area contributed by atoms with Crippen molar-refractivity contribution < 1.29 is 14.6 Å². The summed E-state index contributed by atoms with van der Waals surface area (Å²) in [6.45, 7) is 3.20. The van der Waals surface area contributed by atoms with E-state index in [2.05, 4.69) is 10.4 Å². The highest BCUT2D eigenvalue weighted by Gasteiger charge is 2.36. The molecule has 1 fully saturated rings. The Kier molecular flexibility index (Phi) is 5.71. The summed E-state index contributed by atoms with van der Waals surface area (Å²) in [5.41, 5.74) is 0.562. The lowest BCUT2D eigenvalue weighted by atomic mass is 10.1. The van der Waals surface area contributed by atoms with Gasteiger partial charge in [0.2, 0.25) is 0 Å². The Morgan fingerprint density at radius 2 is 2.12 bits per heavy atom. The van der Waals surface area contributed by atoms with Crippen LogP contribution in [-0.4, -0.2) is 39.5 Å². The Balaban J connectivity index is 1.52. The lowest BCUT2D eigenvalue weighted by molar-refractivity contribution is 0.0348. The highest BCUT2D eigenvalue weighted by molar-refractivity contribution is 5.92. The van der Waals surface area contributed by atoms with Crippen LogP contribution in [0.2, 0.25) is 0 Å². The molecule has 0 spiro atoms. The number of amides is 1. The van der Waals surface area contributed by atoms with Crippen molar-refractivity contribution >= 4 is 5.91 Å². The first-order chi connectivity index (χ1) is 12.2. The SMILES string of the molecule is CCCn1nccc1C(=O)NC[C@H]1CC[C@@H](Oc2ccccc2)[C@@H]1O. The van der Waals surface area contributed by atoms with Crippen molar-refractivity contribution in [1.82, 2.24) is 15.1 Å². The summed E-state index contributed by atoms with van der Waals surface area (Å²) < 4.78 is 7.58. The monoisotopic (exact) mass is 343 g/mol. The highest BCUT2D eigenvalue weighted by Crippen LogP contribution is 2.29. The second-order valence-corrected chi connectivity index (χ2v) is 6.45. The molecule has 6 nitrogen and oxygen atoms in total. The largest absolute Gasteiger partial charge is 0.488 e. The highest BCUT2D eigenvalue weighted by atomic mass is 16.5. The molecule has 1 heterocycles. The molecule has 25 heavy (non-hydrogen) atoms. The summed E-state index contributed by atoms with van der Waals surface area (Å²) in [6, 6.07) is 11.2. The molecule has 0 radical (unpaired) electrons. The van der Waals surface area contributed by atoms with E-state index < -0.39 is 6.10 Å². The van der Waals surface area contributed by atoms with Gasteiger partial charge in [-0.3, -0.25) is 9.48 Å². The lowest BCUT2D eigenvalue weighted by Crippen LogP contribution is -2.37. The smallest absolute Gasteiger partial charge is 0.269 e. The second kappa shape index (κ2) is 8.16. The van der Waals surface area contributed by atoms with E-state index in [1.54, 1.807) is 16.9 Å². The summed E-state index contributed by atoms with van der Waals surface area (Å²) >= 11 is 0. The molecule has 2 N–H and O–H groups in total. The number of carbonyl (C=O) groups excluding carboxylic acids is 1. The molecular weight excluding hydrogens is 318 g/mol. The third kappa shape index (κ3) is 4.20. The Labute approximate surface area is 147 Å². The molecule has 1 amide bonds. The molecule has 0 unspecified atom stereocenters. The molecule has 0 aliphatic heterocycles. The van der Waals surface area contributed by atoms with Crippen LogP contribution in [0.5, 0.6) is 5.75 Å². The quantitative estimate of drug-likeness (QED) is 0.808. The molecule has 1 saturated carbocycles. The van der Waals surface area contributed by atoms with Gasteiger partial charge in [0.1, 0.15) is 17.5 Å². The number of benzene rings is 1. The van der Waals surface area contributed by atoms with Crippen molar-refractivity contribution in [3.05, 3.63) is 48.3 Å². The third-order valence-electron chi connectivity index (χ3n) is 4.63. The second-order valence-electron chi connectivity index (χ2n) is 6.45. The predicted molar refractivity (Wildman–Crippen MR) is 94.4 cm³/mol. The minimum absolute atomic E-state index is 0.000193. The first kappa shape index (κ1) is 17.5. The number of aromatic nitrogens is 2. The average Bonchev–Trinajstić information content (AvgIpc) is 3.22. The van der Waals surface area contributed by atoms with Crippen molar-refractivity contribution in [2.75, 3.05) is 6.54 Å². The molecule has 134 valence electrons. The van der Waals surface area contributed by atoms with Crippen LogP contribution in [0.15, 0.2) is 42.6 Å². The molecule has 3 atom stereocenters. The van der Waals surface area contributed by atoms with Gasteiger partial charge >= 0.3 is 0 Å². The van der Waals surface area contributed by atoms with Gasteiger partial charge < -0.3 is 15.2 Å². The number of nitrogens with zero attached hydrogens (tertiary/aromatic N) is 2. The van der Waals surface area contributed by atoms with Crippen LogP contribution in [0.3, 0.4) is 0 Å². The van der Waals surface area contributed by atoms with E-state index in [9.17, 15) is 9.90 Å². The minimum Gasteiger partial charge on any atom is -0.488 e. The summed E-state index contributed by atoms with van der Waals surface area (Å²) in [5, 5.41) is 17.6. The summed E-state index contributed by atoms with van der Waals surface area (Å²) in [5.74, 6) is 0.616. The maximum Gasteiger partial charge on any atom is 0.269 e. The predicted octanol–water partition coefficient (Wildman–Crippen LogP) is 2.24. The van der Waals surface area contributed by atoms with Gasteiger partial charge in [0.25, 0.3) is 5.91 Å². The molecule has 0 saturated heterocycles. The molecule has 3 rings (SSSR count). The Morgan fingerprint density at radius 3 is 2.88 bits per heavy atom. The van der Waals surface area contributed by atoms with E-state index in [0.29, 0.717) is 12.2 Å². The summed E-state index contributed by atoms with van der Waals surface area (Å²) in [7, 11) is 0. The van der Waals surface area contributed by atoms with Crippen LogP contribution >= 0.6 is 0 Å². The van der Waals surface area contributed by atoms with Gasteiger partial charge in [0.15, 0.2) is 0 Å². The van der Waals surface area contributed by atoms with Gasteiger partial charge in [-0.1, -0.05) is 25.1 Å². The van der Waals surface area contributed by atoms with Crippen molar-refractivity contribution in [1.29, 1.82) is 0 Å². The number of carbonyl (C=O) groups is 1. The topological polar surface area (TPSA) is 76.4 Å². The fraction of sp³-hybridized carbons (Fsp3) is 0.474. The number of aliphatic hydroxyl groups is 1. The zero-order chi connectivity index (χ0) is 17.6. The maximum atomic E-state index is 12.4. The van der Waals surface area contributed by atoms with Crippen LogP contribution in [0.25, 0.3) is 0 Å². The zero-order valence-corrected chi connectivity index (χ0v) is 14.5. The third-order valence-corrected chi connectivity index (χ3v) is 4.63.